The molecule has 0 saturated heterocycles. The first-order chi connectivity index (χ1) is 11.3. The Kier molecular flexibility index (Phi) is 4.66. The van der Waals surface area contributed by atoms with E-state index in [0.717, 1.165) is 42.5 Å². The van der Waals surface area contributed by atoms with Gasteiger partial charge in [-0.15, -0.1) is 0 Å². The first kappa shape index (κ1) is 15.2. The Morgan fingerprint density at radius 3 is 2.74 bits per heavy atom. The van der Waals surface area contributed by atoms with Crippen LogP contribution in [-0.2, 0) is 13.0 Å². The Hall–Kier alpha value is -2.69. The number of aryl methyl sites for hydroxylation is 2. The number of hydrogen-bond acceptors (Lipinski definition) is 4. The number of rotatable bonds is 6. The van der Waals surface area contributed by atoms with Crippen molar-refractivity contribution < 1.29 is 0 Å². The van der Waals surface area contributed by atoms with Gasteiger partial charge in [-0.05, 0) is 12.5 Å². The van der Waals surface area contributed by atoms with Gasteiger partial charge in [0.05, 0.1) is 18.2 Å². The number of anilines is 1. The molecule has 5 heteroatoms. The van der Waals surface area contributed by atoms with Crippen molar-refractivity contribution in [2.75, 3.05) is 11.9 Å². The molecule has 0 radical (unpaired) electrons. The smallest absolute Gasteiger partial charge is 0.130 e. The summed E-state index contributed by atoms with van der Waals surface area (Å²) in [7, 11) is 0. The van der Waals surface area contributed by atoms with E-state index in [4.69, 9.17) is 0 Å². The van der Waals surface area contributed by atoms with Crippen molar-refractivity contribution in [3.05, 3.63) is 60.4 Å². The molecule has 0 saturated carbocycles. The van der Waals surface area contributed by atoms with Crippen molar-refractivity contribution in [1.82, 2.24) is 19.5 Å². The number of benzene rings is 1. The van der Waals surface area contributed by atoms with Crippen LogP contribution >= 0.6 is 0 Å². The minimum Gasteiger partial charge on any atom is -0.368 e. The molecular weight excluding hydrogens is 286 g/mol. The molecule has 0 unspecified atom stereocenters. The topological polar surface area (TPSA) is 55.6 Å². The Balaban J connectivity index is 1.66. The van der Waals surface area contributed by atoms with Gasteiger partial charge in [-0.1, -0.05) is 37.3 Å². The Labute approximate surface area is 136 Å². The van der Waals surface area contributed by atoms with Crippen molar-refractivity contribution in [2.45, 2.75) is 26.8 Å². The highest BCUT2D eigenvalue weighted by molar-refractivity contribution is 5.58. The first-order valence-electron chi connectivity index (χ1n) is 7.90. The van der Waals surface area contributed by atoms with Crippen LogP contribution in [0.2, 0.25) is 0 Å². The highest BCUT2D eigenvalue weighted by Gasteiger charge is 2.05. The fraction of sp³-hybridized carbons (Fsp3) is 0.278. The summed E-state index contributed by atoms with van der Waals surface area (Å²) in [6.45, 7) is 5.68. The predicted molar refractivity (Wildman–Crippen MR) is 92.3 cm³/mol. The lowest BCUT2D eigenvalue weighted by molar-refractivity contribution is 0.730. The SMILES string of the molecule is CCc1nc(C)cc(NCCn2cncc2-c2ccccc2)n1. The average Bonchev–Trinajstić information content (AvgIpc) is 3.03. The van der Waals surface area contributed by atoms with E-state index < -0.39 is 0 Å². The highest BCUT2D eigenvalue weighted by Crippen LogP contribution is 2.18. The lowest BCUT2D eigenvalue weighted by atomic mass is 10.2. The molecule has 118 valence electrons. The number of hydrogen-bond donors (Lipinski definition) is 1. The van der Waals surface area contributed by atoms with E-state index in [2.05, 4.69) is 43.9 Å². The van der Waals surface area contributed by atoms with Crippen molar-refractivity contribution in [1.29, 1.82) is 0 Å². The molecule has 5 nitrogen and oxygen atoms in total. The minimum atomic E-state index is 0.788. The highest BCUT2D eigenvalue weighted by atomic mass is 15.1. The van der Waals surface area contributed by atoms with Gasteiger partial charge in [0.25, 0.3) is 0 Å². The van der Waals surface area contributed by atoms with Crippen LogP contribution in [0.1, 0.15) is 18.4 Å². The van der Waals surface area contributed by atoms with Crippen LogP contribution in [0.3, 0.4) is 0 Å². The standard InChI is InChI=1S/C18H21N5/c1-3-17-21-14(2)11-18(22-17)20-9-10-23-13-19-12-16(23)15-7-5-4-6-8-15/h4-8,11-13H,3,9-10H2,1-2H3,(H,20,21,22). The summed E-state index contributed by atoms with van der Waals surface area (Å²) in [6.07, 6.45) is 4.61. The van der Waals surface area contributed by atoms with Crippen LogP contribution in [0, 0.1) is 6.92 Å². The van der Waals surface area contributed by atoms with Gasteiger partial charge in [0.1, 0.15) is 11.6 Å². The molecular formula is C18H21N5. The van der Waals surface area contributed by atoms with Crippen LogP contribution in [0.4, 0.5) is 5.82 Å². The largest absolute Gasteiger partial charge is 0.368 e. The third kappa shape index (κ3) is 3.74. The summed E-state index contributed by atoms with van der Waals surface area (Å²) in [6, 6.07) is 12.3. The molecule has 2 aromatic heterocycles. The molecule has 0 spiro atoms. The van der Waals surface area contributed by atoms with E-state index in [1.54, 1.807) is 0 Å². The van der Waals surface area contributed by atoms with Crippen LogP contribution in [0.5, 0.6) is 0 Å². The second kappa shape index (κ2) is 7.05. The summed E-state index contributed by atoms with van der Waals surface area (Å²) in [5.74, 6) is 1.76. The molecule has 0 aliphatic carbocycles. The third-order valence-corrected chi connectivity index (χ3v) is 3.66. The summed E-state index contributed by atoms with van der Waals surface area (Å²) in [5, 5.41) is 3.38. The van der Waals surface area contributed by atoms with Gasteiger partial charge in [0.2, 0.25) is 0 Å². The van der Waals surface area contributed by atoms with Crippen LogP contribution in [0.25, 0.3) is 11.3 Å². The number of aromatic nitrogens is 4. The number of nitrogens with zero attached hydrogens (tertiary/aromatic N) is 4. The molecule has 0 fully saturated rings. The third-order valence-electron chi connectivity index (χ3n) is 3.66. The molecule has 0 aliphatic rings. The van der Waals surface area contributed by atoms with Crippen molar-refractivity contribution >= 4 is 5.82 Å². The average molecular weight is 307 g/mol. The predicted octanol–water partition coefficient (Wildman–Crippen LogP) is 3.32. The number of imidazole rings is 1. The lowest BCUT2D eigenvalue weighted by Gasteiger charge is -2.11. The van der Waals surface area contributed by atoms with E-state index >= 15 is 0 Å². The summed E-state index contributed by atoms with van der Waals surface area (Å²) < 4.78 is 2.15. The van der Waals surface area contributed by atoms with Gasteiger partial charge in [0, 0.05) is 31.3 Å². The maximum atomic E-state index is 4.50. The fourth-order valence-corrected chi connectivity index (χ4v) is 2.53. The van der Waals surface area contributed by atoms with Crippen LogP contribution < -0.4 is 5.32 Å². The van der Waals surface area contributed by atoms with Crippen molar-refractivity contribution in [3.63, 3.8) is 0 Å². The van der Waals surface area contributed by atoms with Gasteiger partial charge in [-0.3, -0.25) is 0 Å². The molecule has 0 atom stereocenters. The molecule has 2 heterocycles. The van der Waals surface area contributed by atoms with Gasteiger partial charge in [-0.25, -0.2) is 15.0 Å². The van der Waals surface area contributed by atoms with E-state index in [9.17, 15) is 0 Å². The van der Waals surface area contributed by atoms with Crippen molar-refractivity contribution in [2.24, 2.45) is 0 Å². The first-order valence-corrected chi connectivity index (χ1v) is 7.90. The summed E-state index contributed by atoms with van der Waals surface area (Å²) in [4.78, 5) is 13.2. The van der Waals surface area contributed by atoms with E-state index in [0.29, 0.717) is 0 Å². The lowest BCUT2D eigenvalue weighted by Crippen LogP contribution is -2.12. The van der Waals surface area contributed by atoms with Crippen molar-refractivity contribution in [3.8, 4) is 11.3 Å². The van der Waals surface area contributed by atoms with E-state index in [-0.39, 0.29) is 0 Å². The van der Waals surface area contributed by atoms with Gasteiger partial charge < -0.3 is 9.88 Å². The molecule has 0 bridgehead atoms. The van der Waals surface area contributed by atoms with Crippen LogP contribution in [-0.4, -0.2) is 26.1 Å². The van der Waals surface area contributed by atoms with E-state index in [1.165, 1.54) is 5.56 Å². The minimum absolute atomic E-state index is 0.788. The molecule has 3 aromatic rings. The summed E-state index contributed by atoms with van der Waals surface area (Å²) >= 11 is 0. The molecule has 0 amide bonds. The monoisotopic (exact) mass is 307 g/mol. The fourth-order valence-electron chi connectivity index (χ4n) is 2.53. The molecule has 1 N–H and O–H groups in total. The second-order valence-corrected chi connectivity index (χ2v) is 5.43. The molecule has 0 aliphatic heterocycles. The maximum Gasteiger partial charge on any atom is 0.130 e. The van der Waals surface area contributed by atoms with Crippen LogP contribution in [0.15, 0.2) is 48.9 Å². The van der Waals surface area contributed by atoms with Gasteiger partial charge >= 0.3 is 0 Å². The molecule has 1 aromatic carbocycles. The zero-order chi connectivity index (χ0) is 16.1. The Morgan fingerprint density at radius 2 is 1.96 bits per heavy atom. The zero-order valence-corrected chi connectivity index (χ0v) is 13.5. The van der Waals surface area contributed by atoms with Gasteiger partial charge in [-0.2, -0.15) is 0 Å². The normalized spacial score (nSPS) is 10.7. The Morgan fingerprint density at radius 1 is 1.13 bits per heavy atom. The van der Waals surface area contributed by atoms with E-state index in [1.807, 2.05) is 43.7 Å². The zero-order valence-electron chi connectivity index (χ0n) is 13.5. The quantitative estimate of drug-likeness (QED) is 0.759. The Bertz CT molecular complexity index is 764. The number of nitrogens with one attached hydrogen (secondary N) is 1. The molecule has 3 rings (SSSR count). The maximum absolute atomic E-state index is 4.50. The second-order valence-electron chi connectivity index (χ2n) is 5.43. The summed E-state index contributed by atoms with van der Waals surface area (Å²) in [5.41, 5.74) is 3.30. The van der Waals surface area contributed by atoms with Gasteiger partial charge in [0.15, 0.2) is 0 Å². The molecule has 23 heavy (non-hydrogen) atoms.